The first-order chi connectivity index (χ1) is 8.59. The average molecular weight is 249 g/mol. The molecule has 1 aliphatic heterocycles. The molecule has 1 amide bonds. The van der Waals surface area contributed by atoms with Crippen LogP contribution in [-0.2, 0) is 0 Å². The molecule has 0 bridgehead atoms. The van der Waals surface area contributed by atoms with Gasteiger partial charge in [-0.3, -0.25) is 9.59 Å². The number of rotatable bonds is 2. The summed E-state index contributed by atoms with van der Waals surface area (Å²) in [6.07, 6.45) is 4.83. The van der Waals surface area contributed by atoms with Crippen molar-refractivity contribution in [3.05, 3.63) is 34.2 Å². The minimum atomic E-state index is -0.229. The van der Waals surface area contributed by atoms with Crippen LogP contribution in [0.1, 0.15) is 30.1 Å². The van der Waals surface area contributed by atoms with Gasteiger partial charge in [-0.2, -0.15) is 0 Å². The van der Waals surface area contributed by atoms with Crippen LogP contribution in [0.2, 0.25) is 0 Å². The maximum Gasteiger partial charge on any atom is 0.259 e. The lowest BCUT2D eigenvalue weighted by Crippen LogP contribution is -2.43. The molecule has 0 aliphatic carbocycles. The minimum absolute atomic E-state index is 0.169. The zero-order chi connectivity index (χ0) is 13.1. The smallest absolute Gasteiger partial charge is 0.259 e. The number of aromatic amines is 1. The number of likely N-dealkylation sites (tertiary alicyclic amines) is 1. The molecule has 1 aliphatic rings. The van der Waals surface area contributed by atoms with Gasteiger partial charge in [-0.1, -0.05) is 0 Å². The highest BCUT2D eigenvalue weighted by molar-refractivity contribution is 5.93. The molecule has 2 rings (SSSR count). The fourth-order valence-corrected chi connectivity index (χ4v) is 2.38. The summed E-state index contributed by atoms with van der Waals surface area (Å²) in [6.45, 7) is 3.36. The van der Waals surface area contributed by atoms with Crippen LogP contribution in [0.25, 0.3) is 0 Å². The first-order valence-corrected chi connectivity index (χ1v) is 6.31. The molecule has 1 atom stereocenters. The maximum absolute atomic E-state index is 12.2. The van der Waals surface area contributed by atoms with Gasteiger partial charge in [0.2, 0.25) is 0 Å². The highest BCUT2D eigenvalue weighted by Gasteiger charge is 2.26. The second kappa shape index (κ2) is 5.35. The number of amides is 1. The zero-order valence-corrected chi connectivity index (χ0v) is 10.6. The first kappa shape index (κ1) is 12.8. The lowest BCUT2D eigenvalue weighted by atomic mass is 9.91. The zero-order valence-electron chi connectivity index (χ0n) is 10.6. The van der Waals surface area contributed by atoms with E-state index in [1.54, 1.807) is 4.90 Å². The molecule has 1 unspecified atom stereocenters. The van der Waals surface area contributed by atoms with Crippen molar-refractivity contribution in [3.63, 3.8) is 0 Å². The Bertz CT molecular complexity index is 473. The van der Waals surface area contributed by atoms with Gasteiger partial charge in [-0.25, -0.2) is 0 Å². The van der Waals surface area contributed by atoms with Gasteiger partial charge < -0.3 is 15.6 Å². The molecule has 1 fully saturated rings. The van der Waals surface area contributed by atoms with Gasteiger partial charge in [0.1, 0.15) is 5.56 Å². The number of hydrogen-bond donors (Lipinski definition) is 2. The number of carbonyl (C=O) groups is 1. The van der Waals surface area contributed by atoms with Crippen molar-refractivity contribution in [2.75, 3.05) is 13.1 Å². The number of H-pyrrole nitrogens is 1. The third kappa shape index (κ3) is 2.61. The van der Waals surface area contributed by atoms with E-state index in [1.807, 2.05) is 6.92 Å². The number of nitrogens with zero attached hydrogens (tertiary/aromatic N) is 1. The Morgan fingerprint density at radius 1 is 1.50 bits per heavy atom. The predicted molar refractivity (Wildman–Crippen MR) is 69.3 cm³/mol. The largest absolute Gasteiger partial charge is 0.367 e. The number of aromatic nitrogens is 1. The number of piperidine rings is 1. The lowest BCUT2D eigenvalue weighted by Gasteiger charge is -2.33. The number of pyridine rings is 1. The molecule has 18 heavy (non-hydrogen) atoms. The molecule has 0 radical (unpaired) electrons. The van der Waals surface area contributed by atoms with Crippen LogP contribution in [0.3, 0.4) is 0 Å². The molecule has 1 aromatic heterocycles. The van der Waals surface area contributed by atoms with Gasteiger partial charge >= 0.3 is 0 Å². The number of nitrogens with one attached hydrogen (secondary N) is 1. The molecule has 5 heteroatoms. The van der Waals surface area contributed by atoms with E-state index >= 15 is 0 Å². The Morgan fingerprint density at radius 3 is 2.72 bits per heavy atom. The van der Waals surface area contributed by atoms with Crippen molar-refractivity contribution in [1.82, 2.24) is 9.88 Å². The molecule has 3 N–H and O–H groups in total. The second-order valence-corrected chi connectivity index (χ2v) is 4.91. The summed E-state index contributed by atoms with van der Waals surface area (Å²) in [5.74, 6) is 0.295. The summed E-state index contributed by atoms with van der Waals surface area (Å²) in [5.41, 5.74) is 5.86. The van der Waals surface area contributed by atoms with Crippen molar-refractivity contribution >= 4 is 5.91 Å². The van der Waals surface area contributed by atoms with E-state index in [4.69, 9.17) is 5.73 Å². The third-order valence-corrected chi connectivity index (χ3v) is 3.62. The van der Waals surface area contributed by atoms with Crippen molar-refractivity contribution in [3.8, 4) is 0 Å². The summed E-state index contributed by atoms with van der Waals surface area (Å²) in [4.78, 5) is 28.3. The van der Waals surface area contributed by atoms with E-state index in [2.05, 4.69) is 4.98 Å². The van der Waals surface area contributed by atoms with E-state index in [0.29, 0.717) is 19.0 Å². The molecule has 2 heterocycles. The molecular weight excluding hydrogens is 230 g/mol. The maximum atomic E-state index is 12.2. The summed E-state index contributed by atoms with van der Waals surface area (Å²) in [5, 5.41) is 0. The van der Waals surface area contributed by atoms with E-state index in [-0.39, 0.29) is 22.9 Å². The fourth-order valence-electron chi connectivity index (χ4n) is 2.38. The van der Waals surface area contributed by atoms with Gasteiger partial charge in [-0.05, 0) is 25.7 Å². The molecular formula is C13H19N3O2. The van der Waals surface area contributed by atoms with E-state index < -0.39 is 0 Å². The van der Waals surface area contributed by atoms with Crippen LogP contribution in [0, 0.1) is 5.92 Å². The molecule has 98 valence electrons. The van der Waals surface area contributed by atoms with Crippen molar-refractivity contribution in [2.24, 2.45) is 11.7 Å². The van der Waals surface area contributed by atoms with Crippen LogP contribution in [0.5, 0.6) is 0 Å². The minimum Gasteiger partial charge on any atom is -0.367 e. The van der Waals surface area contributed by atoms with Crippen molar-refractivity contribution in [1.29, 1.82) is 0 Å². The van der Waals surface area contributed by atoms with E-state index in [9.17, 15) is 9.59 Å². The third-order valence-electron chi connectivity index (χ3n) is 3.62. The lowest BCUT2D eigenvalue weighted by molar-refractivity contribution is 0.0679. The van der Waals surface area contributed by atoms with Gasteiger partial charge in [-0.15, -0.1) is 0 Å². The molecule has 1 aromatic rings. The van der Waals surface area contributed by atoms with Crippen LogP contribution in [0.4, 0.5) is 0 Å². The molecule has 0 spiro atoms. The molecule has 0 saturated carbocycles. The Labute approximate surface area is 106 Å². The average Bonchev–Trinajstić information content (AvgIpc) is 2.38. The topological polar surface area (TPSA) is 79.2 Å². The van der Waals surface area contributed by atoms with Crippen LogP contribution in [0.15, 0.2) is 23.3 Å². The summed E-state index contributed by atoms with van der Waals surface area (Å²) < 4.78 is 0. The quantitative estimate of drug-likeness (QED) is 0.804. The summed E-state index contributed by atoms with van der Waals surface area (Å²) in [7, 11) is 0. The Morgan fingerprint density at radius 2 is 2.17 bits per heavy atom. The summed E-state index contributed by atoms with van der Waals surface area (Å²) >= 11 is 0. The van der Waals surface area contributed by atoms with Crippen LogP contribution in [-0.4, -0.2) is 34.9 Å². The number of nitrogens with two attached hydrogens (primary N) is 1. The van der Waals surface area contributed by atoms with Gasteiger partial charge in [0.05, 0.1) is 0 Å². The molecule has 1 saturated heterocycles. The Kier molecular flexibility index (Phi) is 3.81. The first-order valence-electron chi connectivity index (χ1n) is 6.31. The Balaban J connectivity index is 2.04. The van der Waals surface area contributed by atoms with E-state index in [1.165, 1.54) is 18.5 Å². The summed E-state index contributed by atoms with van der Waals surface area (Å²) in [6, 6.07) is 1.55. The predicted octanol–water partition coefficient (Wildman–Crippen LogP) is 0.574. The Hall–Kier alpha value is -1.62. The SMILES string of the molecule is CC(N)C1CCN(C(=O)c2c[nH]ccc2=O)CC1. The van der Waals surface area contributed by atoms with E-state index in [0.717, 1.165) is 12.8 Å². The van der Waals surface area contributed by atoms with Gasteiger partial charge in [0.15, 0.2) is 5.43 Å². The van der Waals surface area contributed by atoms with Crippen LogP contribution < -0.4 is 11.2 Å². The van der Waals surface area contributed by atoms with Crippen molar-refractivity contribution in [2.45, 2.75) is 25.8 Å². The van der Waals surface area contributed by atoms with Gasteiger partial charge in [0.25, 0.3) is 5.91 Å². The highest BCUT2D eigenvalue weighted by atomic mass is 16.2. The standard InChI is InChI=1S/C13H19N3O2/c1-9(14)10-3-6-16(7-4-10)13(18)11-8-15-5-2-12(11)17/h2,5,8-10H,3-4,6-7,14H2,1H3,(H,15,17). The van der Waals surface area contributed by atoms with Crippen molar-refractivity contribution < 1.29 is 4.79 Å². The van der Waals surface area contributed by atoms with Crippen LogP contribution >= 0.6 is 0 Å². The fraction of sp³-hybridized carbons (Fsp3) is 0.538. The normalized spacial score (nSPS) is 18.7. The second-order valence-electron chi connectivity index (χ2n) is 4.91. The molecule has 0 aromatic carbocycles. The van der Waals surface area contributed by atoms with Gasteiger partial charge in [0, 0.05) is 37.6 Å². The number of hydrogen-bond acceptors (Lipinski definition) is 3. The highest BCUT2D eigenvalue weighted by Crippen LogP contribution is 2.20. The monoisotopic (exact) mass is 249 g/mol. The molecule has 5 nitrogen and oxygen atoms in total. The number of carbonyl (C=O) groups excluding carboxylic acids is 1.